The van der Waals surface area contributed by atoms with Gasteiger partial charge in [-0.1, -0.05) is 12.8 Å². The average molecular weight is 267 g/mol. The Kier molecular flexibility index (Phi) is 5.63. The van der Waals surface area contributed by atoms with E-state index >= 15 is 0 Å². The van der Waals surface area contributed by atoms with E-state index in [9.17, 15) is 9.59 Å². The standard InChI is InChI=1S/C14H25N3O2/c18-13-6-5-12(11-16-13)14(19)15-7-10-17-8-3-1-2-4-9-17/h12H,1-11H2,(H,15,19)(H,16,18). The van der Waals surface area contributed by atoms with Gasteiger partial charge in [0.05, 0.1) is 5.92 Å². The molecular weight excluding hydrogens is 242 g/mol. The predicted molar refractivity (Wildman–Crippen MR) is 73.7 cm³/mol. The van der Waals surface area contributed by atoms with E-state index in [2.05, 4.69) is 15.5 Å². The number of hydrogen-bond acceptors (Lipinski definition) is 3. The van der Waals surface area contributed by atoms with Gasteiger partial charge in [0.25, 0.3) is 0 Å². The van der Waals surface area contributed by atoms with Gasteiger partial charge in [-0.2, -0.15) is 0 Å². The molecule has 0 saturated carbocycles. The average Bonchev–Trinajstić information content (AvgIpc) is 2.68. The molecule has 5 nitrogen and oxygen atoms in total. The molecule has 2 saturated heterocycles. The molecule has 2 amide bonds. The zero-order chi connectivity index (χ0) is 13.5. The van der Waals surface area contributed by atoms with E-state index in [1.54, 1.807) is 0 Å². The van der Waals surface area contributed by atoms with E-state index in [0.29, 0.717) is 19.4 Å². The minimum absolute atomic E-state index is 0.0400. The molecule has 2 N–H and O–H groups in total. The summed E-state index contributed by atoms with van der Waals surface area (Å²) in [5.74, 6) is 0.116. The monoisotopic (exact) mass is 267 g/mol. The normalized spacial score (nSPS) is 25.5. The number of carbonyl (C=O) groups excluding carboxylic acids is 2. The number of amides is 2. The first kappa shape index (κ1) is 14.3. The molecule has 0 spiro atoms. The fourth-order valence-corrected chi connectivity index (χ4v) is 2.80. The van der Waals surface area contributed by atoms with Crippen molar-refractivity contribution in [3.63, 3.8) is 0 Å². The zero-order valence-electron chi connectivity index (χ0n) is 11.6. The van der Waals surface area contributed by atoms with Crippen LogP contribution >= 0.6 is 0 Å². The van der Waals surface area contributed by atoms with Crippen molar-refractivity contribution in [1.82, 2.24) is 15.5 Å². The summed E-state index contributed by atoms with van der Waals surface area (Å²) in [7, 11) is 0. The van der Waals surface area contributed by atoms with Gasteiger partial charge < -0.3 is 15.5 Å². The number of nitrogens with one attached hydrogen (secondary N) is 2. The van der Waals surface area contributed by atoms with E-state index in [-0.39, 0.29) is 17.7 Å². The fraction of sp³-hybridized carbons (Fsp3) is 0.857. The SMILES string of the molecule is O=C1CCC(C(=O)NCCN2CCCCCC2)CN1. The number of rotatable bonds is 4. The van der Waals surface area contributed by atoms with Crippen LogP contribution in [0.3, 0.4) is 0 Å². The highest BCUT2D eigenvalue weighted by molar-refractivity contribution is 5.83. The summed E-state index contributed by atoms with van der Waals surface area (Å²) in [6, 6.07) is 0. The maximum absolute atomic E-state index is 11.9. The van der Waals surface area contributed by atoms with Crippen molar-refractivity contribution in [1.29, 1.82) is 0 Å². The summed E-state index contributed by atoms with van der Waals surface area (Å²) in [6.45, 7) is 4.49. The predicted octanol–water partition coefficient (Wildman–Crippen LogP) is 0.505. The second-order valence-electron chi connectivity index (χ2n) is 5.59. The lowest BCUT2D eigenvalue weighted by Gasteiger charge is -2.23. The van der Waals surface area contributed by atoms with Gasteiger partial charge in [-0.05, 0) is 32.4 Å². The van der Waals surface area contributed by atoms with Crippen LogP contribution in [0.15, 0.2) is 0 Å². The van der Waals surface area contributed by atoms with Crippen LogP contribution in [-0.4, -0.2) is 49.4 Å². The first-order valence-corrected chi connectivity index (χ1v) is 7.52. The van der Waals surface area contributed by atoms with Crippen LogP contribution in [0.4, 0.5) is 0 Å². The third-order valence-electron chi connectivity index (χ3n) is 4.06. The summed E-state index contributed by atoms with van der Waals surface area (Å²) in [5, 5.41) is 5.75. The fourth-order valence-electron chi connectivity index (χ4n) is 2.80. The summed E-state index contributed by atoms with van der Waals surface area (Å²) in [4.78, 5) is 25.4. The Morgan fingerprint density at radius 1 is 1.26 bits per heavy atom. The van der Waals surface area contributed by atoms with E-state index in [0.717, 1.165) is 26.2 Å². The molecule has 1 atom stereocenters. The minimum Gasteiger partial charge on any atom is -0.355 e. The van der Waals surface area contributed by atoms with Crippen LogP contribution in [0.2, 0.25) is 0 Å². The quantitative estimate of drug-likeness (QED) is 0.780. The number of piperidine rings is 1. The van der Waals surface area contributed by atoms with Crippen molar-refractivity contribution in [3.05, 3.63) is 0 Å². The maximum Gasteiger partial charge on any atom is 0.224 e. The largest absolute Gasteiger partial charge is 0.355 e. The number of carbonyl (C=O) groups is 2. The van der Waals surface area contributed by atoms with Gasteiger partial charge in [0, 0.05) is 26.1 Å². The lowest BCUT2D eigenvalue weighted by Crippen LogP contribution is -2.44. The van der Waals surface area contributed by atoms with Crippen LogP contribution < -0.4 is 10.6 Å². The number of nitrogens with zero attached hydrogens (tertiary/aromatic N) is 1. The Balaban J connectivity index is 1.61. The van der Waals surface area contributed by atoms with Crippen molar-refractivity contribution in [3.8, 4) is 0 Å². The van der Waals surface area contributed by atoms with Gasteiger partial charge in [0.1, 0.15) is 0 Å². The highest BCUT2D eigenvalue weighted by Gasteiger charge is 2.24. The summed E-state index contributed by atoms with van der Waals surface area (Å²) >= 11 is 0. The van der Waals surface area contributed by atoms with Crippen molar-refractivity contribution >= 4 is 11.8 Å². The Morgan fingerprint density at radius 3 is 2.63 bits per heavy atom. The molecule has 5 heteroatoms. The van der Waals surface area contributed by atoms with E-state index in [1.165, 1.54) is 25.7 Å². The highest BCUT2D eigenvalue weighted by Crippen LogP contribution is 2.11. The molecule has 2 heterocycles. The van der Waals surface area contributed by atoms with E-state index in [1.807, 2.05) is 0 Å². The van der Waals surface area contributed by atoms with Crippen LogP contribution in [0.1, 0.15) is 38.5 Å². The second kappa shape index (κ2) is 7.48. The molecule has 2 rings (SSSR count). The third-order valence-corrected chi connectivity index (χ3v) is 4.06. The van der Waals surface area contributed by atoms with Gasteiger partial charge in [0.15, 0.2) is 0 Å². The molecule has 2 aliphatic heterocycles. The van der Waals surface area contributed by atoms with Crippen molar-refractivity contribution < 1.29 is 9.59 Å². The van der Waals surface area contributed by atoms with Crippen molar-refractivity contribution in [2.75, 3.05) is 32.7 Å². The van der Waals surface area contributed by atoms with Gasteiger partial charge >= 0.3 is 0 Å². The smallest absolute Gasteiger partial charge is 0.224 e. The Bertz CT molecular complexity index is 302. The molecule has 0 radical (unpaired) electrons. The van der Waals surface area contributed by atoms with E-state index < -0.39 is 0 Å². The van der Waals surface area contributed by atoms with Crippen LogP contribution in [0.25, 0.3) is 0 Å². The summed E-state index contributed by atoms with van der Waals surface area (Å²) < 4.78 is 0. The molecule has 2 aliphatic rings. The van der Waals surface area contributed by atoms with E-state index in [4.69, 9.17) is 0 Å². The molecule has 0 aromatic carbocycles. The van der Waals surface area contributed by atoms with Gasteiger partial charge in [-0.3, -0.25) is 9.59 Å². The van der Waals surface area contributed by atoms with Crippen LogP contribution in [-0.2, 0) is 9.59 Å². The Hall–Kier alpha value is -1.10. The zero-order valence-corrected chi connectivity index (χ0v) is 11.6. The molecule has 0 aromatic rings. The number of hydrogen-bond donors (Lipinski definition) is 2. The molecular formula is C14H25N3O2. The highest BCUT2D eigenvalue weighted by atomic mass is 16.2. The molecule has 108 valence electrons. The molecule has 0 aromatic heterocycles. The lowest BCUT2D eigenvalue weighted by molar-refractivity contribution is -0.128. The molecule has 0 bridgehead atoms. The maximum atomic E-state index is 11.9. The molecule has 2 fully saturated rings. The first-order chi connectivity index (χ1) is 9.25. The topological polar surface area (TPSA) is 61.4 Å². The van der Waals surface area contributed by atoms with Gasteiger partial charge in [-0.25, -0.2) is 0 Å². The molecule has 1 unspecified atom stereocenters. The summed E-state index contributed by atoms with van der Waals surface area (Å²) in [5.41, 5.74) is 0. The summed E-state index contributed by atoms with van der Waals surface area (Å²) in [6.07, 6.45) is 6.39. The van der Waals surface area contributed by atoms with Gasteiger partial charge in [0.2, 0.25) is 11.8 Å². The first-order valence-electron chi connectivity index (χ1n) is 7.52. The third kappa shape index (κ3) is 4.82. The van der Waals surface area contributed by atoms with Gasteiger partial charge in [-0.15, -0.1) is 0 Å². The van der Waals surface area contributed by atoms with Crippen molar-refractivity contribution in [2.45, 2.75) is 38.5 Å². The van der Waals surface area contributed by atoms with Crippen LogP contribution in [0.5, 0.6) is 0 Å². The van der Waals surface area contributed by atoms with Crippen molar-refractivity contribution in [2.24, 2.45) is 5.92 Å². The second-order valence-corrected chi connectivity index (χ2v) is 5.59. The Morgan fingerprint density at radius 2 is 2.00 bits per heavy atom. The molecule has 19 heavy (non-hydrogen) atoms. The Labute approximate surface area is 115 Å². The lowest BCUT2D eigenvalue weighted by atomic mass is 9.98. The molecule has 0 aliphatic carbocycles. The minimum atomic E-state index is -0.0400. The van der Waals surface area contributed by atoms with Crippen LogP contribution in [0, 0.1) is 5.92 Å². The number of likely N-dealkylation sites (tertiary alicyclic amines) is 1.